The maximum Gasteiger partial charge on any atom is 0.0368 e. The van der Waals surface area contributed by atoms with Crippen molar-refractivity contribution in [3.05, 3.63) is 29.8 Å². The lowest BCUT2D eigenvalue weighted by molar-refractivity contribution is 0.668. The lowest BCUT2D eigenvalue weighted by Gasteiger charge is -2.24. The van der Waals surface area contributed by atoms with E-state index < -0.39 is 0 Å². The summed E-state index contributed by atoms with van der Waals surface area (Å²) in [6.45, 7) is 6.87. The topological polar surface area (TPSA) is 3.24 Å². The van der Waals surface area contributed by atoms with E-state index >= 15 is 0 Å². The lowest BCUT2D eigenvalue weighted by atomic mass is 10.2. The molecule has 0 aromatic heterocycles. The summed E-state index contributed by atoms with van der Waals surface area (Å²) in [5, 5.41) is 0. The third kappa shape index (κ3) is 3.26. The largest absolute Gasteiger partial charge is 0.372 e. The SMILES string of the molecule is CCCN(CCC1CC1)c1cccc(C)c1. The van der Waals surface area contributed by atoms with Crippen molar-refractivity contribution in [1.29, 1.82) is 0 Å². The van der Waals surface area contributed by atoms with E-state index in [0.29, 0.717) is 0 Å². The van der Waals surface area contributed by atoms with E-state index in [9.17, 15) is 0 Å². The number of nitrogens with zero attached hydrogens (tertiary/aromatic N) is 1. The average Bonchev–Trinajstić information content (AvgIpc) is 3.08. The fourth-order valence-corrected chi connectivity index (χ4v) is 2.21. The van der Waals surface area contributed by atoms with Crippen LogP contribution in [0.4, 0.5) is 5.69 Å². The molecule has 0 amide bonds. The molecule has 1 aliphatic rings. The number of benzene rings is 1. The molecular formula is C15H23N. The number of hydrogen-bond acceptors (Lipinski definition) is 1. The van der Waals surface area contributed by atoms with Crippen molar-refractivity contribution >= 4 is 5.69 Å². The third-order valence-electron chi connectivity index (χ3n) is 3.36. The van der Waals surface area contributed by atoms with Gasteiger partial charge in [0.1, 0.15) is 0 Å². The zero-order valence-electron chi connectivity index (χ0n) is 10.6. The van der Waals surface area contributed by atoms with E-state index in [-0.39, 0.29) is 0 Å². The highest BCUT2D eigenvalue weighted by atomic mass is 15.1. The van der Waals surface area contributed by atoms with Gasteiger partial charge in [-0.1, -0.05) is 31.9 Å². The predicted octanol–water partition coefficient (Wildman–Crippen LogP) is 4.01. The van der Waals surface area contributed by atoms with E-state index in [4.69, 9.17) is 0 Å². The monoisotopic (exact) mass is 217 g/mol. The number of rotatable bonds is 6. The molecule has 0 N–H and O–H groups in total. The molecule has 0 atom stereocenters. The summed E-state index contributed by atoms with van der Waals surface area (Å²) in [5.41, 5.74) is 2.77. The summed E-state index contributed by atoms with van der Waals surface area (Å²) in [5.74, 6) is 1.03. The van der Waals surface area contributed by atoms with Crippen molar-refractivity contribution in [3.63, 3.8) is 0 Å². The van der Waals surface area contributed by atoms with Gasteiger partial charge in [0.25, 0.3) is 0 Å². The van der Waals surface area contributed by atoms with E-state index in [1.165, 1.54) is 50.0 Å². The Morgan fingerprint density at radius 1 is 1.25 bits per heavy atom. The van der Waals surface area contributed by atoms with E-state index in [1.807, 2.05) is 0 Å². The summed E-state index contributed by atoms with van der Waals surface area (Å²) in [6, 6.07) is 8.90. The number of aryl methyl sites for hydroxylation is 1. The van der Waals surface area contributed by atoms with Crippen molar-refractivity contribution in [2.75, 3.05) is 18.0 Å². The maximum absolute atomic E-state index is 2.55. The fraction of sp³-hybridized carbons (Fsp3) is 0.600. The summed E-state index contributed by atoms with van der Waals surface area (Å²) >= 11 is 0. The number of hydrogen-bond donors (Lipinski definition) is 0. The van der Waals surface area contributed by atoms with Crippen LogP contribution in [0, 0.1) is 12.8 Å². The van der Waals surface area contributed by atoms with Crippen molar-refractivity contribution in [3.8, 4) is 0 Å². The Morgan fingerprint density at radius 2 is 2.06 bits per heavy atom. The van der Waals surface area contributed by atoms with Crippen LogP contribution in [0.5, 0.6) is 0 Å². The Kier molecular flexibility index (Phi) is 3.87. The van der Waals surface area contributed by atoms with Crippen LogP contribution in [0.15, 0.2) is 24.3 Å². The minimum Gasteiger partial charge on any atom is -0.372 e. The molecule has 16 heavy (non-hydrogen) atoms. The second-order valence-electron chi connectivity index (χ2n) is 5.06. The zero-order chi connectivity index (χ0) is 11.4. The molecule has 0 heterocycles. The zero-order valence-corrected chi connectivity index (χ0v) is 10.6. The quantitative estimate of drug-likeness (QED) is 0.696. The van der Waals surface area contributed by atoms with E-state index in [0.717, 1.165) is 5.92 Å². The second-order valence-corrected chi connectivity index (χ2v) is 5.06. The van der Waals surface area contributed by atoms with E-state index in [1.54, 1.807) is 0 Å². The Hall–Kier alpha value is -0.980. The molecular weight excluding hydrogens is 194 g/mol. The van der Waals surface area contributed by atoms with Gasteiger partial charge in [0.15, 0.2) is 0 Å². The molecule has 0 bridgehead atoms. The van der Waals surface area contributed by atoms with E-state index in [2.05, 4.69) is 43.0 Å². The van der Waals surface area contributed by atoms with Crippen molar-refractivity contribution in [2.24, 2.45) is 5.92 Å². The molecule has 1 aliphatic carbocycles. The first-order valence-electron chi connectivity index (χ1n) is 6.61. The smallest absolute Gasteiger partial charge is 0.0368 e. The minimum atomic E-state index is 1.03. The molecule has 1 aromatic rings. The molecule has 1 heteroatoms. The Morgan fingerprint density at radius 3 is 2.69 bits per heavy atom. The summed E-state index contributed by atoms with van der Waals surface area (Å²) < 4.78 is 0. The van der Waals surface area contributed by atoms with Crippen LogP contribution in [0.1, 0.15) is 38.2 Å². The van der Waals surface area contributed by atoms with Crippen LogP contribution in [0.2, 0.25) is 0 Å². The van der Waals surface area contributed by atoms with Crippen LogP contribution in [-0.4, -0.2) is 13.1 Å². The molecule has 88 valence electrons. The minimum absolute atomic E-state index is 1.03. The van der Waals surface area contributed by atoms with Crippen molar-refractivity contribution in [2.45, 2.75) is 39.5 Å². The highest BCUT2D eigenvalue weighted by molar-refractivity contribution is 5.48. The maximum atomic E-state index is 2.55. The molecule has 1 nitrogen and oxygen atoms in total. The van der Waals surface area contributed by atoms with Crippen molar-refractivity contribution < 1.29 is 0 Å². The first-order valence-corrected chi connectivity index (χ1v) is 6.61. The first kappa shape index (κ1) is 11.5. The Balaban J connectivity index is 1.98. The molecule has 0 aliphatic heterocycles. The molecule has 0 saturated heterocycles. The lowest BCUT2D eigenvalue weighted by Crippen LogP contribution is -2.25. The first-order chi connectivity index (χ1) is 7.79. The Bertz CT molecular complexity index is 328. The normalized spacial score (nSPS) is 15.1. The summed E-state index contributed by atoms with van der Waals surface area (Å²) in [4.78, 5) is 2.55. The second kappa shape index (κ2) is 5.38. The third-order valence-corrected chi connectivity index (χ3v) is 3.36. The van der Waals surface area contributed by atoms with Gasteiger partial charge < -0.3 is 4.90 Å². The molecule has 0 spiro atoms. The van der Waals surface area contributed by atoms with Gasteiger partial charge in [-0.2, -0.15) is 0 Å². The molecule has 1 fully saturated rings. The predicted molar refractivity (Wildman–Crippen MR) is 71.0 cm³/mol. The van der Waals surface area contributed by atoms with Crippen molar-refractivity contribution in [1.82, 2.24) is 0 Å². The Labute approximate surface area is 99.5 Å². The molecule has 1 saturated carbocycles. The molecule has 0 radical (unpaired) electrons. The van der Waals surface area contributed by atoms with Gasteiger partial charge in [0, 0.05) is 18.8 Å². The average molecular weight is 217 g/mol. The van der Waals surface area contributed by atoms with Gasteiger partial charge in [-0.05, 0) is 43.4 Å². The van der Waals surface area contributed by atoms with Gasteiger partial charge in [0.05, 0.1) is 0 Å². The van der Waals surface area contributed by atoms with Gasteiger partial charge in [-0.15, -0.1) is 0 Å². The van der Waals surface area contributed by atoms with Gasteiger partial charge in [-0.25, -0.2) is 0 Å². The van der Waals surface area contributed by atoms with Crippen LogP contribution in [0.25, 0.3) is 0 Å². The van der Waals surface area contributed by atoms with Crippen LogP contribution in [0.3, 0.4) is 0 Å². The highest BCUT2D eigenvalue weighted by Crippen LogP contribution is 2.33. The van der Waals surface area contributed by atoms with Gasteiger partial charge in [0.2, 0.25) is 0 Å². The number of anilines is 1. The fourth-order valence-electron chi connectivity index (χ4n) is 2.21. The molecule has 1 aromatic carbocycles. The van der Waals surface area contributed by atoms with Crippen LogP contribution < -0.4 is 4.90 Å². The van der Waals surface area contributed by atoms with Crippen LogP contribution in [-0.2, 0) is 0 Å². The van der Waals surface area contributed by atoms with Gasteiger partial charge >= 0.3 is 0 Å². The van der Waals surface area contributed by atoms with Crippen LogP contribution >= 0.6 is 0 Å². The standard InChI is InChI=1S/C15H23N/c1-3-10-16(11-9-14-7-8-14)15-6-4-5-13(2)12-15/h4-6,12,14H,3,7-11H2,1-2H3. The summed E-state index contributed by atoms with van der Waals surface area (Å²) in [7, 11) is 0. The summed E-state index contributed by atoms with van der Waals surface area (Å²) in [6.07, 6.45) is 5.55. The molecule has 0 unspecified atom stereocenters. The highest BCUT2D eigenvalue weighted by Gasteiger charge is 2.21. The van der Waals surface area contributed by atoms with Gasteiger partial charge in [-0.3, -0.25) is 0 Å². The molecule has 2 rings (SSSR count).